The molecule has 2 fully saturated rings. The van der Waals surface area contributed by atoms with Gasteiger partial charge in [0.2, 0.25) is 5.91 Å². The van der Waals surface area contributed by atoms with Crippen molar-refractivity contribution in [3.05, 3.63) is 29.3 Å². The molecule has 1 aromatic carbocycles. The van der Waals surface area contributed by atoms with E-state index in [-0.39, 0.29) is 17.4 Å². The van der Waals surface area contributed by atoms with E-state index in [0.29, 0.717) is 12.5 Å². The third-order valence-electron chi connectivity index (χ3n) is 5.33. The molecule has 0 spiro atoms. The van der Waals surface area contributed by atoms with Crippen LogP contribution >= 0.6 is 0 Å². The Morgan fingerprint density at radius 2 is 2.18 bits per heavy atom. The van der Waals surface area contributed by atoms with Crippen molar-refractivity contribution in [3.8, 4) is 5.75 Å². The highest BCUT2D eigenvalue weighted by Gasteiger charge is 2.46. The summed E-state index contributed by atoms with van der Waals surface area (Å²) < 4.78 is 5.42. The van der Waals surface area contributed by atoms with E-state index in [9.17, 15) is 4.79 Å². The quantitative estimate of drug-likeness (QED) is 0.847. The van der Waals surface area contributed by atoms with Gasteiger partial charge in [-0.25, -0.2) is 0 Å². The first-order valence-electron chi connectivity index (χ1n) is 8.26. The molecule has 1 atom stereocenters. The van der Waals surface area contributed by atoms with Crippen molar-refractivity contribution in [2.75, 3.05) is 13.7 Å². The van der Waals surface area contributed by atoms with Crippen molar-refractivity contribution in [2.24, 2.45) is 11.7 Å². The van der Waals surface area contributed by atoms with Gasteiger partial charge in [-0.3, -0.25) is 4.79 Å². The maximum Gasteiger partial charge on any atom is 0.230 e. The smallest absolute Gasteiger partial charge is 0.230 e. The fourth-order valence-electron chi connectivity index (χ4n) is 3.37. The summed E-state index contributed by atoms with van der Waals surface area (Å²) in [5, 5.41) is 3.09. The summed E-state index contributed by atoms with van der Waals surface area (Å²) >= 11 is 0. The Morgan fingerprint density at radius 3 is 2.73 bits per heavy atom. The summed E-state index contributed by atoms with van der Waals surface area (Å²) in [7, 11) is 1.67. The number of nitrogens with one attached hydrogen (secondary N) is 1. The van der Waals surface area contributed by atoms with Crippen molar-refractivity contribution >= 4 is 5.91 Å². The highest BCUT2D eigenvalue weighted by molar-refractivity contribution is 5.89. The second-order valence-electron chi connectivity index (χ2n) is 6.83. The van der Waals surface area contributed by atoms with Crippen LogP contribution in [0.2, 0.25) is 0 Å². The standard InChI is InChI=1S/C18H26N2O2/c1-12-4-7-14(10-16(12)22-2)18(8-3-9-18)17(21)20-11-15(19)13-5-6-13/h4,7,10,13,15H,3,5-6,8-9,11,19H2,1-2H3,(H,20,21). The number of benzene rings is 1. The SMILES string of the molecule is COc1cc(C2(C(=O)NCC(N)C3CC3)CCC2)ccc1C. The van der Waals surface area contributed by atoms with Gasteiger partial charge in [-0.2, -0.15) is 0 Å². The molecule has 2 saturated carbocycles. The molecule has 4 heteroatoms. The van der Waals surface area contributed by atoms with Crippen LogP contribution in [-0.4, -0.2) is 25.6 Å². The van der Waals surface area contributed by atoms with Crippen molar-refractivity contribution in [2.45, 2.75) is 50.5 Å². The number of hydrogen-bond acceptors (Lipinski definition) is 3. The molecule has 2 aliphatic carbocycles. The molecule has 1 aromatic rings. The zero-order valence-electron chi connectivity index (χ0n) is 13.5. The van der Waals surface area contributed by atoms with Crippen LogP contribution < -0.4 is 15.8 Å². The Morgan fingerprint density at radius 1 is 1.45 bits per heavy atom. The Hall–Kier alpha value is -1.55. The van der Waals surface area contributed by atoms with Gasteiger partial charge in [0.1, 0.15) is 5.75 Å². The lowest BCUT2D eigenvalue weighted by atomic mass is 9.63. The molecule has 0 bridgehead atoms. The number of rotatable bonds is 6. The van der Waals surface area contributed by atoms with Crippen LogP contribution in [0.15, 0.2) is 18.2 Å². The molecule has 4 nitrogen and oxygen atoms in total. The lowest BCUT2D eigenvalue weighted by Gasteiger charge is -2.41. The Labute approximate surface area is 132 Å². The Bertz CT molecular complexity index is 562. The summed E-state index contributed by atoms with van der Waals surface area (Å²) in [4.78, 5) is 12.8. The van der Waals surface area contributed by atoms with Crippen molar-refractivity contribution in [1.29, 1.82) is 0 Å². The molecule has 22 heavy (non-hydrogen) atoms. The fourth-order valence-corrected chi connectivity index (χ4v) is 3.37. The third kappa shape index (κ3) is 2.72. The van der Waals surface area contributed by atoms with Gasteiger partial charge in [-0.05, 0) is 55.7 Å². The topological polar surface area (TPSA) is 64.3 Å². The molecule has 3 rings (SSSR count). The largest absolute Gasteiger partial charge is 0.496 e. The zero-order chi connectivity index (χ0) is 15.7. The zero-order valence-corrected chi connectivity index (χ0v) is 13.5. The molecule has 1 amide bonds. The van der Waals surface area contributed by atoms with Gasteiger partial charge in [0, 0.05) is 12.6 Å². The van der Waals surface area contributed by atoms with Gasteiger partial charge in [-0.15, -0.1) is 0 Å². The van der Waals surface area contributed by atoms with Crippen LogP contribution in [-0.2, 0) is 10.2 Å². The Balaban J connectivity index is 1.74. The van der Waals surface area contributed by atoms with E-state index in [1.807, 2.05) is 19.1 Å². The number of amides is 1. The Kier molecular flexibility index (Phi) is 4.13. The second-order valence-corrected chi connectivity index (χ2v) is 6.83. The van der Waals surface area contributed by atoms with Crippen molar-refractivity contribution < 1.29 is 9.53 Å². The van der Waals surface area contributed by atoms with E-state index in [1.165, 1.54) is 12.8 Å². The maximum absolute atomic E-state index is 12.8. The number of aryl methyl sites for hydroxylation is 1. The molecule has 1 unspecified atom stereocenters. The predicted molar refractivity (Wildman–Crippen MR) is 87.0 cm³/mol. The van der Waals surface area contributed by atoms with Crippen molar-refractivity contribution in [1.82, 2.24) is 5.32 Å². The number of ether oxygens (including phenoxy) is 1. The summed E-state index contributed by atoms with van der Waals surface area (Å²) in [5.41, 5.74) is 7.88. The van der Waals surface area contributed by atoms with E-state index < -0.39 is 0 Å². The second kappa shape index (κ2) is 5.92. The first-order valence-corrected chi connectivity index (χ1v) is 8.26. The highest BCUT2D eigenvalue weighted by Crippen LogP contribution is 2.45. The van der Waals surface area contributed by atoms with Crippen molar-refractivity contribution in [3.63, 3.8) is 0 Å². The molecule has 0 aromatic heterocycles. The lowest BCUT2D eigenvalue weighted by molar-refractivity contribution is -0.130. The predicted octanol–water partition coefficient (Wildman–Crippen LogP) is 2.28. The molecule has 2 aliphatic rings. The summed E-state index contributed by atoms with van der Waals surface area (Å²) in [6, 6.07) is 6.23. The number of carbonyl (C=O) groups is 1. The van der Waals surface area contributed by atoms with E-state index in [1.54, 1.807) is 7.11 Å². The summed E-state index contributed by atoms with van der Waals surface area (Å²) in [6.07, 6.45) is 5.32. The first-order chi connectivity index (χ1) is 10.6. The van der Waals surface area contributed by atoms with Gasteiger partial charge >= 0.3 is 0 Å². The lowest BCUT2D eigenvalue weighted by Crippen LogP contribution is -2.51. The molecule has 0 radical (unpaired) electrons. The average Bonchev–Trinajstić information content (AvgIpc) is 3.29. The number of carbonyl (C=O) groups excluding carboxylic acids is 1. The highest BCUT2D eigenvalue weighted by atomic mass is 16.5. The normalized spacial score (nSPS) is 20.9. The molecule has 3 N–H and O–H groups in total. The summed E-state index contributed by atoms with van der Waals surface area (Å²) in [5.74, 6) is 1.59. The van der Waals surface area contributed by atoms with Crippen LogP contribution in [0.3, 0.4) is 0 Å². The van der Waals surface area contributed by atoms with E-state index in [0.717, 1.165) is 36.1 Å². The van der Waals surface area contributed by atoms with Crippen LogP contribution in [0, 0.1) is 12.8 Å². The third-order valence-corrected chi connectivity index (χ3v) is 5.33. The number of nitrogens with two attached hydrogens (primary N) is 1. The van der Waals surface area contributed by atoms with Gasteiger partial charge in [0.15, 0.2) is 0 Å². The van der Waals surface area contributed by atoms with Crippen LogP contribution in [0.25, 0.3) is 0 Å². The molecule has 0 aliphatic heterocycles. The van der Waals surface area contributed by atoms with Gasteiger partial charge in [0.05, 0.1) is 12.5 Å². The van der Waals surface area contributed by atoms with Crippen LogP contribution in [0.5, 0.6) is 5.75 Å². The molecule has 0 saturated heterocycles. The first kappa shape index (κ1) is 15.3. The van der Waals surface area contributed by atoms with Gasteiger partial charge in [-0.1, -0.05) is 18.6 Å². The molecular formula is C18H26N2O2. The minimum absolute atomic E-state index is 0.105. The molecular weight excluding hydrogens is 276 g/mol. The fraction of sp³-hybridized carbons (Fsp3) is 0.611. The number of methoxy groups -OCH3 is 1. The minimum Gasteiger partial charge on any atom is -0.496 e. The maximum atomic E-state index is 12.8. The number of hydrogen-bond donors (Lipinski definition) is 2. The monoisotopic (exact) mass is 302 g/mol. The van der Waals surface area contributed by atoms with Gasteiger partial charge in [0.25, 0.3) is 0 Å². The van der Waals surface area contributed by atoms with E-state index >= 15 is 0 Å². The van der Waals surface area contributed by atoms with Gasteiger partial charge < -0.3 is 15.8 Å². The van der Waals surface area contributed by atoms with Crippen LogP contribution in [0.1, 0.15) is 43.2 Å². The summed E-state index contributed by atoms with van der Waals surface area (Å²) in [6.45, 7) is 2.61. The van der Waals surface area contributed by atoms with E-state index in [2.05, 4.69) is 11.4 Å². The molecule has 120 valence electrons. The van der Waals surface area contributed by atoms with Crippen LogP contribution in [0.4, 0.5) is 0 Å². The average molecular weight is 302 g/mol. The minimum atomic E-state index is -0.385. The van der Waals surface area contributed by atoms with E-state index in [4.69, 9.17) is 10.5 Å². The molecule has 0 heterocycles.